The second-order valence-corrected chi connectivity index (χ2v) is 14.1. The number of aliphatic hydroxyl groups is 1. The van der Waals surface area contributed by atoms with E-state index in [-0.39, 0.29) is 41.2 Å². The molecule has 3 fully saturated rings. The molecule has 4 aliphatic carbocycles. The average molecular weight is 636 g/mol. The number of thioether (sulfide) groups is 1. The molecule has 0 saturated heterocycles. The quantitative estimate of drug-likeness (QED) is 0.364. The van der Waals surface area contributed by atoms with Crippen LogP contribution >= 0.6 is 11.8 Å². The van der Waals surface area contributed by atoms with Crippen molar-refractivity contribution in [1.82, 2.24) is 19.7 Å². The molecule has 3 saturated carbocycles. The van der Waals surface area contributed by atoms with Crippen molar-refractivity contribution in [2.24, 2.45) is 22.7 Å². The van der Waals surface area contributed by atoms with Crippen molar-refractivity contribution < 1.29 is 33.0 Å². The number of hydrogen-bond donors (Lipinski definition) is 2. The van der Waals surface area contributed by atoms with Crippen molar-refractivity contribution in [3.8, 4) is 11.8 Å². The number of carboxylic acid groups (broad SMARTS) is 1. The molecule has 3 heterocycles. The highest BCUT2D eigenvalue weighted by molar-refractivity contribution is 8.14. The van der Waals surface area contributed by atoms with Gasteiger partial charge in [0, 0.05) is 11.3 Å². The van der Waals surface area contributed by atoms with Gasteiger partial charge >= 0.3 is 5.97 Å². The molecule has 3 aromatic rings. The minimum absolute atomic E-state index is 0.0634. The number of aromatic nitrogens is 4. The van der Waals surface area contributed by atoms with Gasteiger partial charge in [-0.25, -0.2) is 23.8 Å². The van der Waals surface area contributed by atoms with Crippen molar-refractivity contribution in [3.05, 3.63) is 65.2 Å². The number of nitriles is 1. The number of aromatic carboxylic acids is 1. The second kappa shape index (κ2) is 10.1. The van der Waals surface area contributed by atoms with E-state index in [4.69, 9.17) is 4.42 Å². The van der Waals surface area contributed by atoms with Gasteiger partial charge in [-0.05, 0) is 73.6 Å². The minimum Gasteiger partial charge on any atom is -0.476 e. The Balaban J connectivity index is 1.29. The van der Waals surface area contributed by atoms with Gasteiger partial charge in [-0.2, -0.15) is 14.8 Å². The summed E-state index contributed by atoms with van der Waals surface area (Å²) in [6.07, 6.45) is 6.42. The van der Waals surface area contributed by atoms with E-state index in [0.717, 1.165) is 34.9 Å². The van der Waals surface area contributed by atoms with Crippen molar-refractivity contribution in [2.75, 3.05) is 5.75 Å². The molecule has 0 bridgehead atoms. The molecule has 2 N–H and O–H groups in total. The van der Waals surface area contributed by atoms with Gasteiger partial charge in [0.1, 0.15) is 17.3 Å². The van der Waals surface area contributed by atoms with Crippen LogP contribution in [0.2, 0.25) is 0 Å². The number of aliphatic hydroxyl groups excluding tert-OH is 1. The zero-order valence-electron chi connectivity index (χ0n) is 24.7. The summed E-state index contributed by atoms with van der Waals surface area (Å²) in [6, 6.07) is 4.81. The number of carbonyl (C=O) groups is 2. The monoisotopic (exact) mass is 635 g/mol. The first-order valence-electron chi connectivity index (χ1n) is 14.9. The molecule has 0 amide bonds. The van der Waals surface area contributed by atoms with Crippen LogP contribution in [0.1, 0.15) is 73.6 Å². The molecule has 234 valence electrons. The van der Waals surface area contributed by atoms with E-state index < -0.39 is 45.9 Å². The zero-order chi connectivity index (χ0) is 31.9. The van der Waals surface area contributed by atoms with E-state index in [2.05, 4.69) is 15.1 Å². The number of alkyl halides is 1. The van der Waals surface area contributed by atoms with Crippen LogP contribution in [0, 0.1) is 39.9 Å². The lowest BCUT2D eigenvalue weighted by Crippen LogP contribution is -2.69. The third-order valence-corrected chi connectivity index (χ3v) is 12.3. The summed E-state index contributed by atoms with van der Waals surface area (Å²) in [5.41, 5.74) is -2.92. The Morgan fingerprint density at radius 1 is 1.24 bits per heavy atom. The predicted molar refractivity (Wildman–Crippen MR) is 157 cm³/mol. The van der Waals surface area contributed by atoms with Crippen molar-refractivity contribution >= 4 is 28.9 Å². The highest BCUT2D eigenvalue weighted by Crippen LogP contribution is 2.72. The topological polar surface area (TPSA) is 155 Å². The van der Waals surface area contributed by atoms with Crippen LogP contribution in [-0.2, 0) is 16.6 Å². The Morgan fingerprint density at radius 3 is 2.73 bits per heavy atom. The zero-order valence-corrected chi connectivity index (χ0v) is 25.5. The first kappa shape index (κ1) is 29.8. The van der Waals surface area contributed by atoms with Crippen LogP contribution in [-0.4, -0.2) is 58.6 Å². The lowest BCUT2D eigenvalue weighted by molar-refractivity contribution is -0.208. The van der Waals surface area contributed by atoms with Gasteiger partial charge < -0.3 is 14.6 Å². The number of rotatable bonds is 5. The number of oxazole rings is 1. The Bertz CT molecular complexity index is 1800. The fourth-order valence-electron chi connectivity index (χ4n) is 9.34. The number of allylic oxidation sites excluding steroid dienone is 1. The minimum atomic E-state index is -2.04. The van der Waals surface area contributed by atoms with Crippen LogP contribution in [0.15, 0.2) is 40.8 Å². The molecule has 13 heteroatoms. The average Bonchev–Trinajstić information content (AvgIpc) is 3.72. The fourth-order valence-corrected chi connectivity index (χ4v) is 10.2. The van der Waals surface area contributed by atoms with Gasteiger partial charge in [-0.1, -0.05) is 31.2 Å². The van der Waals surface area contributed by atoms with Crippen molar-refractivity contribution in [3.63, 3.8) is 0 Å². The van der Waals surface area contributed by atoms with Crippen LogP contribution in [0.4, 0.5) is 8.78 Å². The van der Waals surface area contributed by atoms with Gasteiger partial charge in [0.15, 0.2) is 5.69 Å². The van der Waals surface area contributed by atoms with E-state index in [9.17, 15) is 29.5 Å². The molecule has 45 heavy (non-hydrogen) atoms. The standard InChI is InChI=1S/C32H31F2N5O5S/c1-29-12-17-14-37-39(19-4-6-25(33)36-15-19)23(17)11-18(29)3-5-21-20-7-8-31(28(43)45-10-9-35,27-38-22(16-44-27)26(41)42)30(20,2)13-24(40)32(21,29)34/h4,6,11,14-16,20-21,24,40H,3,5,7-8,10,12-13H2,1-2H3,(H,41,42)/t20-,21-,24-,29-,30-,31+,32-/m0/s1. The molecule has 7 rings (SSSR count). The first-order chi connectivity index (χ1) is 21.4. The number of carboxylic acids is 1. The first-order valence-corrected chi connectivity index (χ1v) is 15.9. The van der Waals surface area contributed by atoms with Crippen LogP contribution in [0.25, 0.3) is 11.8 Å². The molecular formula is C32H31F2N5O5S. The molecule has 3 aromatic heterocycles. The number of pyridine rings is 1. The van der Waals surface area contributed by atoms with E-state index >= 15 is 4.39 Å². The number of hydrogen-bond acceptors (Lipinski definition) is 9. The fraction of sp³-hybridized carbons (Fsp3) is 0.500. The molecule has 0 aliphatic heterocycles. The maximum absolute atomic E-state index is 18.2. The molecule has 0 spiro atoms. The largest absolute Gasteiger partial charge is 0.476 e. The Labute approximate surface area is 261 Å². The summed E-state index contributed by atoms with van der Waals surface area (Å²) >= 11 is 0.813. The molecule has 0 aromatic carbocycles. The molecule has 0 radical (unpaired) electrons. The third kappa shape index (κ3) is 3.84. The maximum Gasteiger partial charge on any atom is 0.357 e. The number of halogens is 2. The third-order valence-electron chi connectivity index (χ3n) is 11.4. The molecule has 7 atom stereocenters. The van der Waals surface area contributed by atoms with Crippen molar-refractivity contribution in [1.29, 1.82) is 5.26 Å². The van der Waals surface area contributed by atoms with Gasteiger partial charge in [-0.3, -0.25) is 4.79 Å². The summed E-state index contributed by atoms with van der Waals surface area (Å²) < 4.78 is 39.0. The summed E-state index contributed by atoms with van der Waals surface area (Å²) in [5, 5.41) is 34.9. The van der Waals surface area contributed by atoms with Gasteiger partial charge in [0.25, 0.3) is 0 Å². The van der Waals surface area contributed by atoms with Crippen LogP contribution < -0.4 is 0 Å². The van der Waals surface area contributed by atoms with Crippen molar-refractivity contribution in [2.45, 2.75) is 69.6 Å². The van der Waals surface area contributed by atoms with Gasteiger partial charge in [0.2, 0.25) is 17.0 Å². The normalized spacial score (nSPS) is 34.9. The molecule has 0 unspecified atom stereocenters. The van der Waals surface area contributed by atoms with E-state index in [1.165, 1.54) is 12.3 Å². The van der Waals surface area contributed by atoms with Crippen LogP contribution in [0.5, 0.6) is 0 Å². The Morgan fingerprint density at radius 2 is 2.04 bits per heavy atom. The lowest BCUT2D eigenvalue weighted by Gasteiger charge is -2.63. The smallest absolute Gasteiger partial charge is 0.357 e. The van der Waals surface area contributed by atoms with E-state index in [0.29, 0.717) is 31.4 Å². The number of fused-ring (bicyclic) bond motifs is 6. The van der Waals surface area contributed by atoms with E-state index in [1.807, 2.05) is 26.0 Å². The highest BCUT2D eigenvalue weighted by atomic mass is 32.2. The highest BCUT2D eigenvalue weighted by Gasteiger charge is 2.76. The van der Waals surface area contributed by atoms with Gasteiger partial charge in [-0.15, -0.1) is 0 Å². The summed E-state index contributed by atoms with van der Waals surface area (Å²) in [4.78, 5) is 33.7. The second-order valence-electron chi connectivity index (χ2n) is 13.2. The Kier molecular flexibility index (Phi) is 6.66. The maximum atomic E-state index is 18.2. The van der Waals surface area contributed by atoms with Gasteiger partial charge in [0.05, 0.1) is 41.7 Å². The Hall–Kier alpha value is -3.89. The number of carbonyl (C=O) groups excluding carboxylic acids is 1. The molecule has 10 nitrogen and oxygen atoms in total. The summed E-state index contributed by atoms with van der Waals surface area (Å²) in [6.45, 7) is 3.72. The van der Waals surface area contributed by atoms with E-state index in [1.54, 1.807) is 16.9 Å². The molecular weight excluding hydrogens is 604 g/mol. The molecule has 4 aliphatic rings. The summed E-state index contributed by atoms with van der Waals surface area (Å²) in [5.74, 6) is -3.07. The number of nitrogens with zero attached hydrogens (tertiary/aromatic N) is 5. The summed E-state index contributed by atoms with van der Waals surface area (Å²) in [7, 11) is 0. The predicted octanol–water partition coefficient (Wildman–Crippen LogP) is 5.06. The SMILES string of the molecule is C[C@]12Cc3cnn(-c4ccc(F)nc4)c3C=C1CC[C@H]1[C@@H]3CC[C@](C(=O)SCC#N)(c4nc(C(=O)O)co4)[C@@]3(C)C[C@H](O)[C@@]12F. The van der Waals surface area contributed by atoms with Crippen LogP contribution in [0.3, 0.4) is 0 Å². The lowest BCUT2D eigenvalue weighted by atomic mass is 9.43.